The fourth-order valence-electron chi connectivity index (χ4n) is 1.98. The van der Waals surface area contributed by atoms with Crippen LogP contribution in [0, 0.1) is 5.82 Å². The van der Waals surface area contributed by atoms with Crippen molar-refractivity contribution >= 4 is 0 Å². The Kier molecular flexibility index (Phi) is 5.19. The fourth-order valence-corrected chi connectivity index (χ4v) is 1.98. The number of alkyl halides is 3. The van der Waals surface area contributed by atoms with Gasteiger partial charge in [-0.25, -0.2) is 4.39 Å². The largest absolute Gasteiger partial charge is 0.419 e. The van der Waals surface area contributed by atoms with E-state index in [9.17, 15) is 17.6 Å². The molecule has 0 aliphatic rings. The van der Waals surface area contributed by atoms with Gasteiger partial charge >= 0.3 is 6.18 Å². The third-order valence-electron chi connectivity index (χ3n) is 3.36. The first-order valence-electron chi connectivity index (χ1n) is 6.64. The van der Waals surface area contributed by atoms with E-state index < -0.39 is 23.0 Å². The van der Waals surface area contributed by atoms with Gasteiger partial charge in [0, 0.05) is 6.04 Å². The third-order valence-corrected chi connectivity index (χ3v) is 3.36. The second kappa shape index (κ2) is 6.12. The lowest BCUT2D eigenvalue weighted by Gasteiger charge is -2.27. The van der Waals surface area contributed by atoms with Crippen LogP contribution in [0.1, 0.15) is 45.2 Å². The maximum absolute atomic E-state index is 13.3. The van der Waals surface area contributed by atoms with Crippen molar-refractivity contribution in [2.45, 2.75) is 51.7 Å². The molecule has 114 valence electrons. The quantitative estimate of drug-likeness (QED) is 0.787. The molecule has 0 radical (unpaired) electrons. The van der Waals surface area contributed by atoms with Crippen molar-refractivity contribution in [3.63, 3.8) is 0 Å². The van der Waals surface area contributed by atoms with Crippen molar-refractivity contribution < 1.29 is 17.6 Å². The van der Waals surface area contributed by atoms with Crippen molar-refractivity contribution in [3.05, 3.63) is 35.1 Å². The summed E-state index contributed by atoms with van der Waals surface area (Å²) in [4.78, 5) is 0. The highest BCUT2D eigenvalue weighted by Gasteiger charge is 2.35. The summed E-state index contributed by atoms with van der Waals surface area (Å²) < 4.78 is 51.4. The number of hydrogen-bond donors (Lipinski definition) is 1. The summed E-state index contributed by atoms with van der Waals surface area (Å²) in [5, 5.41) is 3.23. The summed E-state index contributed by atoms with van der Waals surface area (Å²) in [6.07, 6.45) is -3.99. The van der Waals surface area contributed by atoms with Crippen LogP contribution < -0.4 is 5.32 Å². The maximum Gasteiger partial charge on any atom is 0.419 e. The van der Waals surface area contributed by atoms with Gasteiger partial charge in [0.15, 0.2) is 0 Å². The van der Waals surface area contributed by atoms with Crippen LogP contribution in [0.4, 0.5) is 17.6 Å². The maximum atomic E-state index is 13.3. The van der Waals surface area contributed by atoms with Crippen LogP contribution in [0.3, 0.4) is 0 Å². The highest BCUT2D eigenvalue weighted by molar-refractivity contribution is 5.32. The molecular weight excluding hydrogens is 270 g/mol. The second-order valence-electron chi connectivity index (χ2n) is 5.94. The molecule has 0 aliphatic carbocycles. The zero-order valence-corrected chi connectivity index (χ0v) is 12.2. The number of rotatable bonds is 5. The highest BCUT2D eigenvalue weighted by Crippen LogP contribution is 2.35. The molecule has 1 N–H and O–H groups in total. The van der Waals surface area contributed by atoms with Gasteiger partial charge in [-0.1, -0.05) is 33.8 Å². The Labute approximate surface area is 117 Å². The topological polar surface area (TPSA) is 12.0 Å². The van der Waals surface area contributed by atoms with Crippen LogP contribution in [-0.2, 0) is 11.6 Å². The molecule has 5 heteroatoms. The van der Waals surface area contributed by atoms with Crippen molar-refractivity contribution in [1.82, 2.24) is 5.32 Å². The van der Waals surface area contributed by atoms with Gasteiger partial charge in [0.05, 0.1) is 5.56 Å². The Morgan fingerprint density at radius 2 is 1.75 bits per heavy atom. The predicted molar refractivity (Wildman–Crippen MR) is 72.2 cm³/mol. The standard InChI is InChI=1S/C15H21F4N/c1-10(2)20-8-7-14(3,4)11-5-6-13(16)12(9-11)15(17,18)19/h5-6,9-10,20H,7-8H2,1-4H3. The lowest BCUT2D eigenvalue weighted by atomic mass is 9.81. The van der Waals surface area contributed by atoms with Gasteiger partial charge in [-0.15, -0.1) is 0 Å². The molecule has 0 spiro atoms. The van der Waals surface area contributed by atoms with Gasteiger partial charge in [-0.05, 0) is 36.1 Å². The highest BCUT2D eigenvalue weighted by atomic mass is 19.4. The normalized spacial score (nSPS) is 13.1. The minimum Gasteiger partial charge on any atom is -0.315 e. The van der Waals surface area contributed by atoms with Crippen LogP contribution in [0.25, 0.3) is 0 Å². The average Bonchev–Trinajstić information content (AvgIpc) is 2.26. The zero-order valence-electron chi connectivity index (χ0n) is 12.2. The van der Waals surface area contributed by atoms with Gasteiger partial charge < -0.3 is 5.32 Å². The first kappa shape index (κ1) is 17.0. The first-order chi connectivity index (χ1) is 9.04. The van der Waals surface area contributed by atoms with Crippen molar-refractivity contribution in [1.29, 1.82) is 0 Å². The predicted octanol–water partition coefficient (Wildman–Crippen LogP) is 4.51. The number of hydrogen-bond acceptors (Lipinski definition) is 1. The lowest BCUT2D eigenvalue weighted by Crippen LogP contribution is -2.29. The summed E-state index contributed by atoms with van der Waals surface area (Å²) in [6.45, 7) is 8.44. The summed E-state index contributed by atoms with van der Waals surface area (Å²) in [5.41, 5.74) is -1.15. The fraction of sp³-hybridized carbons (Fsp3) is 0.600. The minimum absolute atomic E-state index is 0.324. The molecule has 0 aromatic heterocycles. The van der Waals surface area contributed by atoms with Crippen LogP contribution in [0.5, 0.6) is 0 Å². The molecule has 1 rings (SSSR count). The van der Waals surface area contributed by atoms with Gasteiger partial charge in [-0.3, -0.25) is 0 Å². The molecule has 0 aliphatic heterocycles. The molecule has 0 amide bonds. The van der Waals surface area contributed by atoms with Crippen molar-refractivity contribution in [2.75, 3.05) is 6.54 Å². The molecule has 1 aromatic carbocycles. The van der Waals surface area contributed by atoms with E-state index in [2.05, 4.69) is 5.32 Å². The average molecular weight is 291 g/mol. The molecule has 0 saturated heterocycles. The molecule has 0 unspecified atom stereocenters. The summed E-state index contributed by atoms with van der Waals surface area (Å²) in [6, 6.07) is 3.57. The van der Waals surface area contributed by atoms with Gasteiger partial charge in [0.2, 0.25) is 0 Å². The van der Waals surface area contributed by atoms with E-state index >= 15 is 0 Å². The molecule has 1 aromatic rings. The number of nitrogens with one attached hydrogen (secondary N) is 1. The zero-order chi connectivity index (χ0) is 15.6. The van der Waals surface area contributed by atoms with Crippen LogP contribution in [0.15, 0.2) is 18.2 Å². The van der Waals surface area contributed by atoms with E-state index in [0.717, 1.165) is 12.1 Å². The van der Waals surface area contributed by atoms with E-state index in [-0.39, 0.29) is 0 Å². The Morgan fingerprint density at radius 3 is 2.25 bits per heavy atom. The smallest absolute Gasteiger partial charge is 0.315 e. The van der Waals surface area contributed by atoms with E-state index in [1.165, 1.54) is 6.07 Å². The monoisotopic (exact) mass is 291 g/mol. The molecule has 0 atom stereocenters. The Hall–Kier alpha value is -1.10. The molecular formula is C15H21F4N. The second-order valence-corrected chi connectivity index (χ2v) is 5.94. The van der Waals surface area contributed by atoms with Gasteiger partial charge in [-0.2, -0.15) is 13.2 Å². The van der Waals surface area contributed by atoms with Crippen molar-refractivity contribution in [3.8, 4) is 0 Å². The number of benzene rings is 1. The molecule has 1 nitrogen and oxygen atoms in total. The summed E-state index contributed by atoms with van der Waals surface area (Å²) in [5.74, 6) is -1.22. The summed E-state index contributed by atoms with van der Waals surface area (Å²) in [7, 11) is 0. The van der Waals surface area contributed by atoms with E-state index in [1.54, 1.807) is 0 Å². The molecule has 0 bridgehead atoms. The van der Waals surface area contributed by atoms with Gasteiger partial charge in [0.25, 0.3) is 0 Å². The minimum atomic E-state index is -4.66. The SMILES string of the molecule is CC(C)NCCC(C)(C)c1ccc(F)c(C(F)(F)F)c1. The first-order valence-corrected chi connectivity index (χ1v) is 6.64. The molecule has 0 heterocycles. The van der Waals surface area contributed by atoms with E-state index in [1.807, 2.05) is 27.7 Å². The van der Waals surface area contributed by atoms with Gasteiger partial charge in [0.1, 0.15) is 5.82 Å². The molecule has 0 fully saturated rings. The van der Waals surface area contributed by atoms with E-state index in [4.69, 9.17) is 0 Å². The van der Waals surface area contributed by atoms with Crippen LogP contribution >= 0.6 is 0 Å². The Balaban J connectivity index is 2.95. The molecule has 0 saturated carbocycles. The lowest BCUT2D eigenvalue weighted by molar-refractivity contribution is -0.140. The molecule has 20 heavy (non-hydrogen) atoms. The number of halogens is 4. The summed E-state index contributed by atoms with van der Waals surface area (Å²) >= 11 is 0. The Bertz CT molecular complexity index is 450. The van der Waals surface area contributed by atoms with Crippen LogP contribution in [-0.4, -0.2) is 12.6 Å². The third kappa shape index (κ3) is 4.47. The van der Waals surface area contributed by atoms with E-state index in [0.29, 0.717) is 24.6 Å². The van der Waals surface area contributed by atoms with Crippen molar-refractivity contribution in [2.24, 2.45) is 0 Å². The van der Waals surface area contributed by atoms with Crippen LogP contribution in [0.2, 0.25) is 0 Å². The Morgan fingerprint density at radius 1 is 1.15 bits per heavy atom.